The SMILES string of the molecule is CC(C)C(=O)Nc1ccc(COC(=O)N(CCOC23CC4(C)CC(C)(CC(C)(C4)C2)C3)CC[C@H](O)CO)c(CC[C@@H]2O[C@H](C(=O)O)[C@@H](O)[C@H](O)[C@H]2O)c1. The van der Waals surface area contributed by atoms with Crippen LogP contribution in [0.2, 0.25) is 0 Å². The number of ether oxygens (including phenoxy) is 3. The van der Waals surface area contributed by atoms with Gasteiger partial charge >= 0.3 is 12.1 Å². The van der Waals surface area contributed by atoms with Gasteiger partial charge in [0, 0.05) is 24.7 Å². The number of nitrogens with one attached hydrogen (secondary N) is 1. The topological polar surface area (TPSA) is 216 Å². The van der Waals surface area contributed by atoms with E-state index >= 15 is 0 Å². The number of carbonyl (C=O) groups is 3. The summed E-state index contributed by atoms with van der Waals surface area (Å²) >= 11 is 0. The van der Waals surface area contributed by atoms with Gasteiger partial charge in [0.1, 0.15) is 24.9 Å². The van der Waals surface area contributed by atoms with Gasteiger partial charge in [-0.15, -0.1) is 0 Å². The molecule has 6 rings (SSSR count). The lowest BCUT2D eigenvalue weighted by Gasteiger charge is -2.68. The van der Waals surface area contributed by atoms with Crippen LogP contribution in [0.3, 0.4) is 0 Å². The maximum absolute atomic E-state index is 13.6. The number of hydrogen-bond donors (Lipinski definition) is 7. The van der Waals surface area contributed by atoms with Crippen LogP contribution in [0.1, 0.15) is 97.1 Å². The molecule has 1 saturated heterocycles. The molecule has 4 saturated carbocycles. The van der Waals surface area contributed by atoms with Gasteiger partial charge in [0.05, 0.1) is 31.0 Å². The van der Waals surface area contributed by atoms with E-state index in [2.05, 4.69) is 26.1 Å². The summed E-state index contributed by atoms with van der Waals surface area (Å²) in [6, 6.07) is 5.08. The number of aryl methyl sites for hydroxylation is 1. The molecule has 14 nitrogen and oxygen atoms in total. The molecule has 53 heavy (non-hydrogen) atoms. The Balaban J connectivity index is 1.27. The zero-order valence-corrected chi connectivity index (χ0v) is 31.8. The lowest BCUT2D eigenvalue weighted by molar-refractivity contribution is -0.240. The van der Waals surface area contributed by atoms with Crippen LogP contribution in [0.25, 0.3) is 0 Å². The summed E-state index contributed by atoms with van der Waals surface area (Å²) in [4.78, 5) is 39.2. The number of aliphatic carboxylic acids is 1. The first-order valence-electron chi connectivity index (χ1n) is 19.0. The summed E-state index contributed by atoms with van der Waals surface area (Å²) in [5.74, 6) is -1.98. The molecule has 0 spiro atoms. The number of aliphatic hydroxyl groups excluding tert-OH is 5. The molecule has 7 N–H and O–H groups in total. The normalized spacial score (nSPS) is 35.3. The number of anilines is 1. The fraction of sp³-hybridized carbons (Fsp3) is 0.769. The molecular weight excluding hydrogens is 688 g/mol. The highest BCUT2D eigenvalue weighted by Gasteiger charge is 2.64. The van der Waals surface area contributed by atoms with Crippen LogP contribution in [0.15, 0.2) is 18.2 Å². The smallest absolute Gasteiger partial charge is 0.410 e. The summed E-state index contributed by atoms with van der Waals surface area (Å²) in [6.45, 7) is 10.7. The van der Waals surface area contributed by atoms with Crippen molar-refractivity contribution < 1.29 is 59.2 Å². The third-order valence-corrected chi connectivity index (χ3v) is 11.8. The van der Waals surface area contributed by atoms with Crippen LogP contribution in [-0.2, 0) is 36.8 Å². The van der Waals surface area contributed by atoms with Crippen molar-refractivity contribution in [3.8, 4) is 0 Å². The van der Waals surface area contributed by atoms with Crippen molar-refractivity contribution in [3.05, 3.63) is 29.3 Å². The van der Waals surface area contributed by atoms with Gasteiger partial charge in [0.15, 0.2) is 6.10 Å². The second-order valence-electron chi connectivity index (χ2n) is 17.8. The number of rotatable bonds is 16. The molecular formula is C39H60N2O12. The molecule has 14 heteroatoms. The molecule has 1 aliphatic heterocycles. The van der Waals surface area contributed by atoms with Gasteiger partial charge in [0.2, 0.25) is 5.91 Å². The average molecular weight is 749 g/mol. The van der Waals surface area contributed by atoms with Crippen LogP contribution in [0.5, 0.6) is 0 Å². The van der Waals surface area contributed by atoms with E-state index in [1.165, 1.54) is 24.2 Å². The Hall–Kier alpha value is -2.85. The minimum Gasteiger partial charge on any atom is -0.479 e. The van der Waals surface area contributed by atoms with Gasteiger partial charge in [-0.05, 0) is 97.3 Å². The number of aliphatic hydroxyl groups is 5. The minimum absolute atomic E-state index is 0.0403. The van der Waals surface area contributed by atoms with E-state index in [9.17, 15) is 45.0 Å². The predicted molar refractivity (Wildman–Crippen MR) is 193 cm³/mol. The van der Waals surface area contributed by atoms with E-state index in [4.69, 9.17) is 14.2 Å². The first-order valence-corrected chi connectivity index (χ1v) is 19.0. The maximum Gasteiger partial charge on any atom is 0.410 e. The molecule has 6 atom stereocenters. The Labute approximate surface area is 311 Å². The Morgan fingerprint density at radius 1 is 0.925 bits per heavy atom. The van der Waals surface area contributed by atoms with Crippen LogP contribution in [0.4, 0.5) is 10.5 Å². The van der Waals surface area contributed by atoms with Crippen molar-refractivity contribution in [1.29, 1.82) is 0 Å². The molecule has 5 aliphatic rings. The van der Waals surface area contributed by atoms with E-state index in [0.29, 0.717) is 23.4 Å². The summed E-state index contributed by atoms with van der Waals surface area (Å²) in [6.07, 6.45) is -2.65. The van der Waals surface area contributed by atoms with Crippen LogP contribution >= 0.6 is 0 Å². The quantitative estimate of drug-likeness (QED) is 0.130. The number of benzene rings is 1. The number of hydrogen-bond acceptors (Lipinski definition) is 11. The molecule has 1 aromatic rings. The third-order valence-electron chi connectivity index (χ3n) is 11.8. The fourth-order valence-corrected chi connectivity index (χ4v) is 10.7. The molecule has 4 bridgehead atoms. The van der Waals surface area contributed by atoms with E-state index < -0.39 is 55.3 Å². The second kappa shape index (κ2) is 16.1. The van der Waals surface area contributed by atoms with Gasteiger partial charge in [-0.1, -0.05) is 40.7 Å². The molecule has 0 aromatic heterocycles. The van der Waals surface area contributed by atoms with Crippen LogP contribution < -0.4 is 5.32 Å². The van der Waals surface area contributed by atoms with Crippen molar-refractivity contribution in [3.63, 3.8) is 0 Å². The highest BCUT2D eigenvalue weighted by Crippen LogP contribution is 2.71. The largest absolute Gasteiger partial charge is 0.479 e. The minimum atomic E-state index is -1.81. The first kappa shape index (κ1) is 41.3. The van der Waals surface area contributed by atoms with E-state index in [-0.39, 0.29) is 72.6 Å². The molecule has 2 amide bonds. The standard InChI is InChI=1S/C39H60N2O12/c1-23(2)33(47)40-26-8-6-25(24(14-26)7-9-28-29(44)30(45)31(46)32(53-28)34(48)49)16-51-35(50)41(11-10-27(43)15-42)12-13-52-39-20-36(3)17-37(4,21-39)19-38(5,18-36)22-39/h6,8,14,23,27-32,42-46H,7,9-13,15-22H2,1-5H3,(H,40,47)(H,48,49)/t27-,28-,29-,30+,31-,32-,36?,37?,38?,39?/m0/s1. The number of carboxylic acids is 1. The molecule has 0 radical (unpaired) electrons. The zero-order valence-electron chi connectivity index (χ0n) is 31.8. The molecule has 1 heterocycles. The van der Waals surface area contributed by atoms with Gasteiger partial charge < -0.3 is 55.1 Å². The first-order chi connectivity index (χ1) is 24.8. The van der Waals surface area contributed by atoms with E-state index in [1.54, 1.807) is 32.0 Å². The number of carbonyl (C=O) groups excluding carboxylic acids is 2. The Bertz CT molecular complexity index is 1430. The van der Waals surface area contributed by atoms with Crippen molar-refractivity contribution in [2.75, 3.05) is 31.6 Å². The predicted octanol–water partition coefficient (Wildman–Crippen LogP) is 2.99. The molecule has 5 fully saturated rings. The molecule has 1 aromatic carbocycles. The lowest BCUT2D eigenvalue weighted by Crippen LogP contribution is -2.63. The van der Waals surface area contributed by atoms with Gasteiger partial charge in [-0.25, -0.2) is 9.59 Å². The van der Waals surface area contributed by atoms with Crippen LogP contribution in [-0.4, -0.2) is 122 Å². The van der Waals surface area contributed by atoms with Crippen molar-refractivity contribution in [2.45, 2.75) is 141 Å². The zero-order chi connectivity index (χ0) is 38.9. The van der Waals surface area contributed by atoms with Crippen molar-refractivity contribution in [1.82, 2.24) is 4.90 Å². The van der Waals surface area contributed by atoms with Gasteiger partial charge in [-0.2, -0.15) is 0 Å². The molecule has 4 aliphatic carbocycles. The number of nitrogens with zero attached hydrogens (tertiary/aromatic N) is 1. The van der Waals surface area contributed by atoms with E-state index in [0.717, 1.165) is 19.3 Å². The second-order valence-corrected chi connectivity index (χ2v) is 17.8. The highest BCUT2D eigenvalue weighted by molar-refractivity contribution is 5.92. The Morgan fingerprint density at radius 3 is 2.11 bits per heavy atom. The molecule has 0 unspecified atom stereocenters. The monoisotopic (exact) mass is 748 g/mol. The Morgan fingerprint density at radius 2 is 1.55 bits per heavy atom. The summed E-state index contributed by atoms with van der Waals surface area (Å²) in [7, 11) is 0. The summed E-state index contributed by atoms with van der Waals surface area (Å²) in [5.41, 5.74) is 2.12. The van der Waals surface area contributed by atoms with Crippen LogP contribution in [0, 0.1) is 22.2 Å². The summed E-state index contributed by atoms with van der Waals surface area (Å²) in [5, 5.41) is 62.8. The summed E-state index contributed by atoms with van der Waals surface area (Å²) < 4.78 is 18.0. The fourth-order valence-electron chi connectivity index (χ4n) is 10.7. The number of carboxylic acid groups (broad SMARTS) is 1. The number of amides is 2. The maximum atomic E-state index is 13.6. The van der Waals surface area contributed by atoms with Gasteiger partial charge in [-0.3, -0.25) is 4.79 Å². The van der Waals surface area contributed by atoms with Gasteiger partial charge in [0.25, 0.3) is 0 Å². The third kappa shape index (κ3) is 9.70. The highest BCUT2D eigenvalue weighted by atomic mass is 16.6. The van der Waals surface area contributed by atoms with E-state index in [1.807, 2.05) is 0 Å². The Kier molecular flexibility index (Phi) is 12.5. The lowest BCUT2D eigenvalue weighted by atomic mass is 9.39. The average Bonchev–Trinajstić information content (AvgIpc) is 3.05. The molecule has 298 valence electrons. The van der Waals surface area contributed by atoms with Crippen molar-refractivity contribution in [2.24, 2.45) is 22.2 Å². The van der Waals surface area contributed by atoms with Crippen molar-refractivity contribution >= 4 is 23.7 Å².